The average Bonchev–Trinajstić information content (AvgIpc) is 3.11. The van der Waals surface area contributed by atoms with Crippen LogP contribution in [0.3, 0.4) is 0 Å². The smallest absolute Gasteiger partial charge is 0.119 e. The van der Waals surface area contributed by atoms with Gasteiger partial charge in [-0.1, -0.05) is 146 Å². The molecule has 44 heavy (non-hydrogen) atoms. The molecule has 0 unspecified atom stereocenters. The summed E-state index contributed by atoms with van der Waals surface area (Å²) in [5.74, 6) is 2.02. The van der Waals surface area contributed by atoms with Crippen LogP contribution in [0.2, 0.25) is 0 Å². The zero-order chi connectivity index (χ0) is 29.8. The van der Waals surface area contributed by atoms with Gasteiger partial charge in [-0.2, -0.15) is 0 Å². The summed E-state index contributed by atoms with van der Waals surface area (Å²) < 4.78 is 6.23. The Morgan fingerprint density at radius 3 is 1.23 bits per heavy atom. The number of benzene rings is 6. The van der Waals surface area contributed by atoms with Gasteiger partial charge in [-0.3, -0.25) is 0 Å². The van der Waals surface area contributed by atoms with Crippen LogP contribution in [0.4, 0.5) is 0 Å². The Morgan fingerprint density at radius 2 is 0.795 bits per heavy atom. The molecule has 0 aliphatic heterocycles. The molecule has 0 fully saturated rings. The van der Waals surface area contributed by atoms with Gasteiger partial charge < -0.3 is 4.74 Å². The Bertz CT molecular complexity index is 1470. The fraction of sp³-hybridized carbons (Fsp3) is 0.100. The van der Waals surface area contributed by atoms with Gasteiger partial charge in [0, 0.05) is 16.8 Å². The summed E-state index contributed by atoms with van der Waals surface area (Å²) in [4.78, 5) is 1.32. The minimum atomic E-state index is -0.451. The summed E-state index contributed by atoms with van der Waals surface area (Å²) in [6.45, 7) is 0.692. The summed E-state index contributed by atoms with van der Waals surface area (Å²) in [5, 5.41) is 5.68. The first kappa shape index (κ1) is 30.4. The van der Waals surface area contributed by atoms with Gasteiger partial charge in [0.05, 0.1) is 6.61 Å². The number of hydrogen-bond acceptors (Lipinski definition) is 2. The van der Waals surface area contributed by atoms with E-state index in [0.29, 0.717) is 6.61 Å². The normalized spacial score (nSPS) is 11.1. The van der Waals surface area contributed by atoms with Crippen molar-refractivity contribution in [3.63, 3.8) is 0 Å². The molecule has 0 saturated carbocycles. The van der Waals surface area contributed by atoms with Crippen LogP contribution in [-0.2, 0) is 0 Å². The van der Waals surface area contributed by atoms with Crippen molar-refractivity contribution in [2.45, 2.75) is 4.90 Å². The van der Waals surface area contributed by atoms with E-state index in [1.165, 1.54) is 37.2 Å². The average molecular weight is 627 g/mol. The van der Waals surface area contributed by atoms with Gasteiger partial charge >= 0.3 is 0 Å². The van der Waals surface area contributed by atoms with Crippen LogP contribution in [0.25, 0.3) is 11.1 Å². The first-order valence-electron chi connectivity index (χ1n) is 15.0. The molecule has 6 aromatic rings. The summed E-state index contributed by atoms with van der Waals surface area (Å²) in [6.07, 6.45) is 2.15. The fourth-order valence-corrected chi connectivity index (χ4v) is 10.9. The highest BCUT2D eigenvalue weighted by Crippen LogP contribution is 2.36. The maximum atomic E-state index is 6.23. The Kier molecular flexibility index (Phi) is 11.0. The van der Waals surface area contributed by atoms with Gasteiger partial charge in [0.25, 0.3) is 0 Å². The SMILES string of the molecule is c1ccc(P(CCOc2ccc(-c3ccc(SCCP(c4ccccc4)c4ccccc4)cc3)cc2)c2ccccc2)cc1. The minimum Gasteiger partial charge on any atom is -0.493 e. The van der Waals surface area contributed by atoms with Crippen molar-refractivity contribution in [1.29, 1.82) is 0 Å². The van der Waals surface area contributed by atoms with Crippen LogP contribution in [0.5, 0.6) is 5.75 Å². The number of rotatable bonds is 13. The van der Waals surface area contributed by atoms with Gasteiger partial charge in [0.15, 0.2) is 0 Å². The van der Waals surface area contributed by atoms with E-state index in [1.54, 1.807) is 0 Å². The molecule has 0 spiro atoms. The fourth-order valence-electron chi connectivity index (χ4n) is 5.24. The topological polar surface area (TPSA) is 9.23 Å². The molecular weight excluding hydrogens is 590 g/mol. The van der Waals surface area contributed by atoms with Gasteiger partial charge in [-0.25, -0.2) is 0 Å². The predicted octanol–water partition coefficient (Wildman–Crippen LogP) is 9.09. The lowest BCUT2D eigenvalue weighted by Crippen LogP contribution is -2.17. The summed E-state index contributed by atoms with van der Waals surface area (Å²) in [7, 11) is -0.808. The van der Waals surface area contributed by atoms with E-state index in [0.717, 1.165) is 23.8 Å². The lowest BCUT2D eigenvalue weighted by atomic mass is 10.1. The quantitative estimate of drug-likeness (QED) is 0.0935. The summed E-state index contributed by atoms with van der Waals surface area (Å²) in [6, 6.07) is 61.1. The van der Waals surface area contributed by atoms with E-state index in [1.807, 2.05) is 11.8 Å². The summed E-state index contributed by atoms with van der Waals surface area (Å²) >= 11 is 1.95. The van der Waals surface area contributed by atoms with Gasteiger partial charge in [0.1, 0.15) is 5.75 Å². The number of hydrogen-bond donors (Lipinski definition) is 0. The highest BCUT2D eigenvalue weighted by atomic mass is 32.2. The molecule has 0 radical (unpaired) electrons. The van der Waals surface area contributed by atoms with E-state index >= 15 is 0 Å². The molecule has 0 atom stereocenters. The maximum Gasteiger partial charge on any atom is 0.119 e. The van der Waals surface area contributed by atoms with Gasteiger partial charge in [-0.05, 0) is 78.6 Å². The summed E-state index contributed by atoms with van der Waals surface area (Å²) in [5.41, 5.74) is 2.44. The van der Waals surface area contributed by atoms with E-state index in [4.69, 9.17) is 4.74 Å². The Morgan fingerprint density at radius 1 is 0.409 bits per heavy atom. The molecule has 6 aromatic carbocycles. The lowest BCUT2D eigenvalue weighted by Gasteiger charge is -2.19. The van der Waals surface area contributed by atoms with Crippen LogP contribution >= 0.6 is 27.6 Å². The van der Waals surface area contributed by atoms with Crippen molar-refractivity contribution in [2.24, 2.45) is 0 Å². The molecule has 0 aromatic heterocycles. The second-order valence-electron chi connectivity index (χ2n) is 10.4. The van der Waals surface area contributed by atoms with Crippen molar-refractivity contribution < 1.29 is 4.74 Å². The molecule has 0 heterocycles. The van der Waals surface area contributed by atoms with Gasteiger partial charge in [0.2, 0.25) is 0 Å². The van der Waals surface area contributed by atoms with E-state index in [9.17, 15) is 0 Å². The van der Waals surface area contributed by atoms with Crippen LogP contribution in [0.15, 0.2) is 175 Å². The van der Waals surface area contributed by atoms with Crippen LogP contribution in [0, 0.1) is 0 Å². The first-order valence-corrected chi connectivity index (χ1v) is 19.1. The molecule has 0 bridgehead atoms. The molecular formula is C40H36OP2S. The van der Waals surface area contributed by atoms with Crippen molar-refractivity contribution >= 4 is 48.8 Å². The molecule has 0 aliphatic carbocycles. The molecule has 1 nitrogen and oxygen atoms in total. The third-order valence-electron chi connectivity index (χ3n) is 7.48. The molecule has 0 N–H and O–H groups in total. The second-order valence-corrected chi connectivity index (χ2v) is 16.2. The zero-order valence-electron chi connectivity index (χ0n) is 24.7. The Labute approximate surface area is 268 Å². The van der Waals surface area contributed by atoms with Crippen LogP contribution in [-0.4, -0.2) is 24.7 Å². The molecule has 4 heteroatoms. The second kappa shape index (κ2) is 15.9. The number of ether oxygens (including phenoxy) is 1. The zero-order valence-corrected chi connectivity index (χ0v) is 27.3. The molecule has 0 amide bonds. The third kappa shape index (κ3) is 8.28. The van der Waals surface area contributed by atoms with Crippen LogP contribution < -0.4 is 26.0 Å². The highest BCUT2D eigenvalue weighted by molar-refractivity contribution is 7.99. The van der Waals surface area contributed by atoms with Crippen molar-refractivity contribution in [1.82, 2.24) is 0 Å². The van der Waals surface area contributed by atoms with E-state index in [2.05, 4.69) is 170 Å². The molecule has 0 saturated heterocycles. The van der Waals surface area contributed by atoms with Crippen molar-refractivity contribution in [2.75, 3.05) is 24.7 Å². The molecule has 0 aliphatic rings. The number of thioether (sulfide) groups is 1. The van der Waals surface area contributed by atoms with Crippen LogP contribution in [0.1, 0.15) is 0 Å². The Balaban J connectivity index is 1.02. The maximum absolute atomic E-state index is 6.23. The van der Waals surface area contributed by atoms with E-state index in [-0.39, 0.29) is 7.92 Å². The van der Waals surface area contributed by atoms with E-state index < -0.39 is 7.92 Å². The standard InChI is InChI=1S/C40H36OP2S/c1-5-13-36(14-6-1)42(37-15-7-2-8-16-37)30-29-41-35-25-21-33(22-26-35)34-23-27-40(28-24-34)44-32-31-43(38-17-9-3-10-18-38)39-19-11-4-12-20-39/h1-28H,29-32H2. The monoisotopic (exact) mass is 626 g/mol. The predicted molar refractivity (Wildman–Crippen MR) is 196 cm³/mol. The molecule has 218 valence electrons. The Hall–Kier alpha value is -3.67. The molecule has 6 rings (SSSR count). The van der Waals surface area contributed by atoms with Crippen molar-refractivity contribution in [3.8, 4) is 16.9 Å². The minimum absolute atomic E-state index is 0.357. The third-order valence-corrected chi connectivity index (χ3v) is 13.8. The highest BCUT2D eigenvalue weighted by Gasteiger charge is 2.14. The van der Waals surface area contributed by atoms with Gasteiger partial charge in [-0.15, -0.1) is 11.8 Å². The largest absolute Gasteiger partial charge is 0.493 e. The lowest BCUT2D eigenvalue weighted by molar-refractivity contribution is 0.343. The van der Waals surface area contributed by atoms with Crippen molar-refractivity contribution in [3.05, 3.63) is 170 Å². The first-order chi connectivity index (χ1) is 21.8.